The molecule has 2 atom stereocenters. The molecule has 1 aromatic carbocycles. The van der Waals surface area contributed by atoms with Crippen molar-refractivity contribution in [2.75, 3.05) is 7.11 Å². The number of benzene rings is 1. The number of rotatable bonds is 3. The maximum Gasteiger partial charge on any atom is 0.170 e. The van der Waals surface area contributed by atoms with Crippen molar-refractivity contribution in [1.82, 2.24) is 4.98 Å². The number of carbonyl (C=O) groups excluding carboxylic acids is 1. The Morgan fingerprint density at radius 1 is 1.22 bits per heavy atom. The Balaban J connectivity index is 2.02. The average molecular weight is 309 g/mol. The third-order valence-electron chi connectivity index (χ3n) is 5.11. The van der Waals surface area contributed by atoms with Gasteiger partial charge in [0.1, 0.15) is 5.75 Å². The lowest BCUT2D eigenvalue weighted by Gasteiger charge is -2.35. The van der Waals surface area contributed by atoms with Gasteiger partial charge in [-0.05, 0) is 49.2 Å². The second kappa shape index (κ2) is 5.80. The number of ketones is 1. The van der Waals surface area contributed by atoms with Crippen molar-refractivity contribution in [3.8, 4) is 17.0 Å². The molecule has 1 heterocycles. The molecule has 1 aliphatic carbocycles. The Bertz CT molecular complexity index is 736. The van der Waals surface area contributed by atoms with Gasteiger partial charge in [0.25, 0.3) is 0 Å². The smallest absolute Gasteiger partial charge is 0.170 e. The molecule has 2 unspecified atom stereocenters. The number of nitrogens with zero attached hydrogens (tertiary/aromatic N) is 1. The molecule has 0 N–H and O–H groups in total. The monoisotopic (exact) mass is 309 g/mol. The van der Waals surface area contributed by atoms with Crippen molar-refractivity contribution in [1.29, 1.82) is 0 Å². The average Bonchev–Trinajstić information content (AvgIpc) is 2.59. The molecule has 1 aromatic heterocycles. The van der Waals surface area contributed by atoms with Crippen LogP contribution in [0.15, 0.2) is 36.4 Å². The van der Waals surface area contributed by atoms with Gasteiger partial charge < -0.3 is 4.74 Å². The lowest BCUT2D eigenvalue weighted by atomic mass is 9.68. The van der Waals surface area contributed by atoms with E-state index in [1.54, 1.807) is 7.11 Å². The number of hydrogen-bond donors (Lipinski definition) is 0. The van der Waals surface area contributed by atoms with E-state index < -0.39 is 0 Å². The van der Waals surface area contributed by atoms with Crippen LogP contribution in [-0.4, -0.2) is 17.9 Å². The predicted molar refractivity (Wildman–Crippen MR) is 92.0 cm³/mol. The lowest BCUT2D eigenvalue weighted by Crippen LogP contribution is -2.34. The minimum atomic E-state index is -0.254. The summed E-state index contributed by atoms with van der Waals surface area (Å²) in [5.74, 6) is 1.36. The van der Waals surface area contributed by atoms with E-state index >= 15 is 0 Å². The van der Waals surface area contributed by atoms with Gasteiger partial charge in [0.2, 0.25) is 0 Å². The molecule has 0 amide bonds. The maximum absolute atomic E-state index is 12.8. The minimum Gasteiger partial charge on any atom is -0.497 e. The third kappa shape index (κ3) is 2.65. The van der Waals surface area contributed by atoms with E-state index in [2.05, 4.69) is 20.8 Å². The van der Waals surface area contributed by atoms with Crippen LogP contribution >= 0.6 is 0 Å². The molecule has 23 heavy (non-hydrogen) atoms. The molecule has 1 aliphatic rings. The van der Waals surface area contributed by atoms with E-state index in [-0.39, 0.29) is 11.2 Å². The molecule has 2 aromatic rings. The number of carbonyl (C=O) groups is 1. The number of aromatic nitrogens is 1. The first-order valence-electron chi connectivity index (χ1n) is 8.18. The summed E-state index contributed by atoms with van der Waals surface area (Å²) in [6.07, 6.45) is 1.74. The Kier molecular flexibility index (Phi) is 3.97. The third-order valence-corrected chi connectivity index (χ3v) is 5.11. The highest BCUT2D eigenvalue weighted by Crippen LogP contribution is 2.43. The number of hydrogen-bond acceptors (Lipinski definition) is 3. The number of ether oxygens (including phenoxy) is 1. The van der Waals surface area contributed by atoms with Gasteiger partial charge in [0.05, 0.1) is 18.5 Å². The van der Waals surface area contributed by atoms with Crippen molar-refractivity contribution in [3.05, 3.63) is 47.7 Å². The van der Waals surface area contributed by atoms with E-state index in [0.29, 0.717) is 5.92 Å². The van der Waals surface area contributed by atoms with Crippen molar-refractivity contribution in [3.63, 3.8) is 0 Å². The zero-order valence-corrected chi connectivity index (χ0v) is 14.2. The van der Waals surface area contributed by atoms with Crippen molar-refractivity contribution in [2.24, 2.45) is 5.41 Å². The zero-order chi connectivity index (χ0) is 16.6. The quantitative estimate of drug-likeness (QED) is 0.812. The van der Waals surface area contributed by atoms with Crippen molar-refractivity contribution >= 4 is 5.78 Å². The summed E-state index contributed by atoms with van der Waals surface area (Å²) in [4.78, 5) is 17.6. The highest BCUT2D eigenvalue weighted by Gasteiger charge is 2.40. The largest absolute Gasteiger partial charge is 0.497 e. The first-order chi connectivity index (χ1) is 11.0. The fraction of sp³-hybridized carbons (Fsp3) is 0.400. The van der Waals surface area contributed by atoms with E-state index in [0.717, 1.165) is 41.1 Å². The summed E-state index contributed by atoms with van der Waals surface area (Å²) < 4.78 is 5.20. The Labute approximate surface area is 137 Å². The summed E-state index contributed by atoms with van der Waals surface area (Å²) in [7, 11) is 1.66. The molecular weight excluding hydrogens is 286 g/mol. The molecule has 0 aliphatic heterocycles. The Hall–Kier alpha value is -2.16. The second-order valence-corrected chi connectivity index (χ2v) is 6.71. The van der Waals surface area contributed by atoms with Crippen LogP contribution in [0.25, 0.3) is 11.3 Å². The SMILES string of the molecule is CCC1(C)CC(C)c2nc(-c3ccc(OC)cc3)ccc2C1=O. The van der Waals surface area contributed by atoms with Gasteiger partial charge in [0.15, 0.2) is 5.78 Å². The fourth-order valence-electron chi connectivity index (χ4n) is 3.46. The van der Waals surface area contributed by atoms with Crippen LogP contribution < -0.4 is 4.74 Å². The summed E-state index contributed by atoms with van der Waals surface area (Å²) >= 11 is 0. The molecule has 3 heteroatoms. The van der Waals surface area contributed by atoms with Crippen LogP contribution in [0, 0.1) is 5.41 Å². The molecule has 0 spiro atoms. The molecule has 0 saturated carbocycles. The molecule has 0 saturated heterocycles. The Morgan fingerprint density at radius 3 is 2.52 bits per heavy atom. The molecule has 3 nitrogen and oxygen atoms in total. The van der Waals surface area contributed by atoms with Crippen LogP contribution in [0.2, 0.25) is 0 Å². The number of methoxy groups -OCH3 is 1. The van der Waals surface area contributed by atoms with Crippen molar-refractivity contribution in [2.45, 2.75) is 39.5 Å². The van der Waals surface area contributed by atoms with Gasteiger partial charge in [-0.2, -0.15) is 0 Å². The van der Waals surface area contributed by atoms with Gasteiger partial charge >= 0.3 is 0 Å². The van der Waals surface area contributed by atoms with E-state index in [1.807, 2.05) is 36.4 Å². The first-order valence-corrected chi connectivity index (χ1v) is 8.18. The van der Waals surface area contributed by atoms with Gasteiger partial charge in [-0.3, -0.25) is 9.78 Å². The Morgan fingerprint density at radius 2 is 1.91 bits per heavy atom. The van der Waals surface area contributed by atoms with Gasteiger partial charge in [0, 0.05) is 22.5 Å². The standard InChI is InChI=1S/C20H23NO2/c1-5-20(3)12-13(2)18-16(19(20)22)10-11-17(21-18)14-6-8-15(23-4)9-7-14/h6-11,13H,5,12H2,1-4H3. The highest BCUT2D eigenvalue weighted by molar-refractivity contribution is 6.02. The topological polar surface area (TPSA) is 39.2 Å². The summed E-state index contributed by atoms with van der Waals surface area (Å²) in [6, 6.07) is 11.8. The fourth-order valence-corrected chi connectivity index (χ4v) is 3.46. The number of fused-ring (bicyclic) bond motifs is 1. The lowest BCUT2D eigenvalue weighted by molar-refractivity contribution is 0.0760. The van der Waals surface area contributed by atoms with E-state index in [4.69, 9.17) is 9.72 Å². The molecule has 0 radical (unpaired) electrons. The summed E-state index contributed by atoms with van der Waals surface area (Å²) in [6.45, 7) is 6.34. The minimum absolute atomic E-state index is 0.238. The van der Waals surface area contributed by atoms with Crippen LogP contribution in [0.4, 0.5) is 0 Å². The molecule has 0 fully saturated rings. The number of pyridine rings is 1. The predicted octanol–water partition coefficient (Wildman–Crippen LogP) is 4.86. The summed E-state index contributed by atoms with van der Waals surface area (Å²) in [5, 5.41) is 0. The molecule has 3 rings (SSSR count). The van der Waals surface area contributed by atoms with E-state index in [9.17, 15) is 4.79 Å². The second-order valence-electron chi connectivity index (χ2n) is 6.71. The normalized spacial score (nSPS) is 23.5. The summed E-state index contributed by atoms with van der Waals surface area (Å²) in [5.41, 5.74) is 3.43. The van der Waals surface area contributed by atoms with Crippen LogP contribution in [0.1, 0.15) is 55.6 Å². The maximum atomic E-state index is 12.8. The zero-order valence-electron chi connectivity index (χ0n) is 14.2. The van der Waals surface area contributed by atoms with Crippen LogP contribution in [0.5, 0.6) is 5.75 Å². The van der Waals surface area contributed by atoms with Crippen molar-refractivity contribution < 1.29 is 9.53 Å². The van der Waals surface area contributed by atoms with Crippen LogP contribution in [0.3, 0.4) is 0 Å². The molecule has 120 valence electrons. The van der Waals surface area contributed by atoms with E-state index in [1.165, 1.54) is 0 Å². The molecule has 0 bridgehead atoms. The van der Waals surface area contributed by atoms with Gasteiger partial charge in [-0.1, -0.05) is 20.8 Å². The number of Topliss-reactive ketones (excluding diaryl/α,β-unsaturated/α-hetero) is 1. The van der Waals surface area contributed by atoms with Gasteiger partial charge in [-0.25, -0.2) is 0 Å². The molecular formula is C20H23NO2. The first kappa shape index (κ1) is 15.7. The highest BCUT2D eigenvalue weighted by atomic mass is 16.5. The van der Waals surface area contributed by atoms with Gasteiger partial charge in [-0.15, -0.1) is 0 Å². The van der Waals surface area contributed by atoms with Crippen LogP contribution in [-0.2, 0) is 0 Å².